The van der Waals surface area contributed by atoms with Crippen LogP contribution in [0.2, 0.25) is 0 Å². The van der Waals surface area contributed by atoms with Gasteiger partial charge in [-0.15, -0.1) is 0 Å². The molecule has 1 saturated carbocycles. The molecule has 0 bridgehead atoms. The third kappa shape index (κ3) is 2.20. The molecule has 1 aliphatic heterocycles. The van der Waals surface area contributed by atoms with E-state index in [1.165, 1.54) is 27.6 Å². The Balaban J connectivity index is 1.60. The Morgan fingerprint density at radius 2 is 2.00 bits per heavy atom. The second-order valence-corrected chi connectivity index (χ2v) is 7.54. The van der Waals surface area contributed by atoms with Gasteiger partial charge in [-0.05, 0) is 60.3 Å². The van der Waals surface area contributed by atoms with E-state index in [2.05, 4.69) is 48.3 Å². The topological polar surface area (TPSA) is 42.4 Å². The number of benzene rings is 2. The lowest BCUT2D eigenvalue weighted by atomic mass is 9.83. The second-order valence-electron chi connectivity index (χ2n) is 7.54. The highest BCUT2D eigenvalue weighted by Gasteiger charge is 2.40. The van der Waals surface area contributed by atoms with Gasteiger partial charge >= 0.3 is 0 Å². The Kier molecular flexibility index (Phi) is 2.94. The number of fused-ring (bicyclic) bond motifs is 2. The van der Waals surface area contributed by atoms with E-state index < -0.39 is 0 Å². The molecule has 3 aromatic rings. The summed E-state index contributed by atoms with van der Waals surface area (Å²) in [5, 5.41) is 1.18. The minimum Gasteiger partial charge on any atom is -0.464 e. The van der Waals surface area contributed by atoms with Gasteiger partial charge < -0.3 is 15.1 Å². The first-order valence-electron chi connectivity index (χ1n) is 8.70. The van der Waals surface area contributed by atoms with Crippen molar-refractivity contribution in [3.8, 4) is 0 Å². The predicted octanol–water partition coefficient (Wildman–Crippen LogP) is 3.96. The molecule has 2 aliphatic rings. The molecule has 3 heteroatoms. The van der Waals surface area contributed by atoms with E-state index >= 15 is 0 Å². The maximum atomic E-state index is 6.41. The van der Waals surface area contributed by atoms with Crippen LogP contribution in [0, 0.1) is 0 Å². The molecular weight excluding hydrogens is 296 g/mol. The number of hydrogen-bond donors (Lipinski definition) is 1. The first-order valence-corrected chi connectivity index (χ1v) is 8.70. The second kappa shape index (κ2) is 4.95. The van der Waals surface area contributed by atoms with Crippen LogP contribution in [0.5, 0.6) is 0 Å². The summed E-state index contributed by atoms with van der Waals surface area (Å²) in [6, 6.07) is 15.5. The first kappa shape index (κ1) is 14.3. The van der Waals surface area contributed by atoms with E-state index in [0.717, 1.165) is 31.5 Å². The largest absolute Gasteiger partial charge is 0.464 e. The maximum Gasteiger partial charge on any atom is 0.133 e. The van der Waals surface area contributed by atoms with Crippen LogP contribution in [0.3, 0.4) is 0 Å². The van der Waals surface area contributed by atoms with Crippen molar-refractivity contribution in [2.75, 3.05) is 13.6 Å². The molecule has 1 unspecified atom stereocenters. The average molecular weight is 318 g/mol. The highest BCUT2D eigenvalue weighted by atomic mass is 16.3. The van der Waals surface area contributed by atoms with Gasteiger partial charge in [0.1, 0.15) is 5.58 Å². The van der Waals surface area contributed by atoms with Crippen LogP contribution < -0.4 is 5.73 Å². The lowest BCUT2D eigenvalue weighted by Crippen LogP contribution is -2.31. The summed E-state index contributed by atoms with van der Waals surface area (Å²) in [4.78, 5) is 2.41. The van der Waals surface area contributed by atoms with Gasteiger partial charge in [-0.1, -0.05) is 24.3 Å². The Labute approximate surface area is 142 Å². The van der Waals surface area contributed by atoms with Gasteiger partial charge in [-0.25, -0.2) is 0 Å². The van der Waals surface area contributed by atoms with Gasteiger partial charge in [0.2, 0.25) is 0 Å². The molecule has 1 atom stereocenters. The van der Waals surface area contributed by atoms with Crippen LogP contribution in [0.15, 0.2) is 53.1 Å². The summed E-state index contributed by atoms with van der Waals surface area (Å²) in [6.45, 7) is 2.05. The summed E-state index contributed by atoms with van der Waals surface area (Å²) in [6.07, 6.45) is 3.99. The van der Waals surface area contributed by atoms with E-state index in [9.17, 15) is 0 Å². The van der Waals surface area contributed by atoms with E-state index in [1.54, 1.807) is 6.26 Å². The van der Waals surface area contributed by atoms with E-state index in [-0.39, 0.29) is 5.54 Å². The van der Waals surface area contributed by atoms with Crippen molar-refractivity contribution in [1.29, 1.82) is 0 Å². The van der Waals surface area contributed by atoms with Crippen molar-refractivity contribution in [2.45, 2.75) is 30.8 Å². The zero-order valence-electron chi connectivity index (χ0n) is 14.0. The molecule has 1 fully saturated rings. The summed E-state index contributed by atoms with van der Waals surface area (Å²) >= 11 is 0. The summed E-state index contributed by atoms with van der Waals surface area (Å²) in [5.74, 6) is 0.403. The van der Waals surface area contributed by atoms with Gasteiger partial charge in [0, 0.05) is 29.9 Å². The molecule has 2 heterocycles. The van der Waals surface area contributed by atoms with Crippen molar-refractivity contribution in [1.82, 2.24) is 4.90 Å². The zero-order valence-corrected chi connectivity index (χ0v) is 14.0. The number of hydrogen-bond acceptors (Lipinski definition) is 3. The van der Waals surface area contributed by atoms with Gasteiger partial charge in [0.15, 0.2) is 0 Å². The zero-order chi connectivity index (χ0) is 16.3. The molecule has 0 spiro atoms. The van der Waals surface area contributed by atoms with Gasteiger partial charge in [-0.2, -0.15) is 0 Å². The lowest BCUT2D eigenvalue weighted by Gasteiger charge is -2.33. The number of nitrogens with zero attached hydrogens (tertiary/aromatic N) is 1. The third-order valence-corrected chi connectivity index (χ3v) is 5.70. The summed E-state index contributed by atoms with van der Waals surface area (Å²) in [7, 11) is 2.20. The van der Waals surface area contributed by atoms with Gasteiger partial charge in [0.25, 0.3) is 0 Å². The molecule has 2 N–H and O–H groups in total. The third-order valence-electron chi connectivity index (χ3n) is 5.70. The molecule has 122 valence electrons. The first-order chi connectivity index (χ1) is 11.6. The van der Waals surface area contributed by atoms with Crippen molar-refractivity contribution in [2.24, 2.45) is 5.73 Å². The van der Waals surface area contributed by atoms with E-state index in [4.69, 9.17) is 10.2 Å². The lowest BCUT2D eigenvalue weighted by molar-refractivity contribution is 0.295. The fraction of sp³-hybridized carbons (Fsp3) is 0.333. The van der Waals surface area contributed by atoms with Gasteiger partial charge in [0.05, 0.1) is 6.26 Å². The van der Waals surface area contributed by atoms with Gasteiger partial charge in [-0.3, -0.25) is 0 Å². The van der Waals surface area contributed by atoms with Crippen LogP contribution in [0.4, 0.5) is 0 Å². The van der Waals surface area contributed by atoms with Crippen molar-refractivity contribution < 1.29 is 4.42 Å². The minimum absolute atomic E-state index is 0.0593. The Morgan fingerprint density at radius 1 is 1.12 bits per heavy atom. The standard InChI is InChI=1S/C21H22N2O/c1-23-12-16-11-17(21(22)7-8-21)3-4-18(16)19(13-23)14-2-5-20-15(10-14)6-9-24-20/h2-6,9-11,19H,7-8,12-13,22H2,1H3. The molecule has 5 rings (SSSR count). The number of nitrogens with two attached hydrogens (primary N) is 1. The van der Waals surface area contributed by atoms with Crippen LogP contribution >= 0.6 is 0 Å². The quantitative estimate of drug-likeness (QED) is 0.778. The monoisotopic (exact) mass is 318 g/mol. The molecule has 24 heavy (non-hydrogen) atoms. The molecule has 3 nitrogen and oxygen atoms in total. The SMILES string of the molecule is CN1Cc2cc(C3(N)CC3)ccc2C(c2ccc3occc3c2)C1. The van der Waals surface area contributed by atoms with Crippen molar-refractivity contribution in [3.05, 3.63) is 71.0 Å². The number of likely N-dealkylation sites (N-methyl/N-ethyl adjacent to an activating group) is 1. The van der Waals surface area contributed by atoms with Crippen molar-refractivity contribution >= 4 is 11.0 Å². The summed E-state index contributed by atoms with van der Waals surface area (Å²) in [5.41, 5.74) is 12.8. The fourth-order valence-electron chi connectivity index (χ4n) is 4.07. The molecule has 0 saturated heterocycles. The van der Waals surface area contributed by atoms with Crippen LogP contribution in [-0.2, 0) is 12.1 Å². The molecular formula is C21H22N2O. The molecule has 1 aromatic heterocycles. The van der Waals surface area contributed by atoms with E-state index in [1.807, 2.05) is 6.07 Å². The van der Waals surface area contributed by atoms with Crippen LogP contribution in [0.25, 0.3) is 11.0 Å². The predicted molar refractivity (Wildman–Crippen MR) is 95.9 cm³/mol. The maximum absolute atomic E-state index is 6.41. The fourth-order valence-corrected chi connectivity index (χ4v) is 4.07. The molecule has 0 radical (unpaired) electrons. The average Bonchev–Trinajstić information content (AvgIpc) is 3.17. The summed E-state index contributed by atoms with van der Waals surface area (Å²) < 4.78 is 5.49. The Morgan fingerprint density at radius 3 is 2.83 bits per heavy atom. The van der Waals surface area contributed by atoms with Crippen LogP contribution in [-0.4, -0.2) is 18.5 Å². The van der Waals surface area contributed by atoms with Crippen molar-refractivity contribution in [3.63, 3.8) is 0 Å². The Hall–Kier alpha value is -2.10. The molecule has 1 aliphatic carbocycles. The van der Waals surface area contributed by atoms with E-state index in [0.29, 0.717) is 5.92 Å². The normalized spacial score (nSPS) is 22.5. The smallest absolute Gasteiger partial charge is 0.133 e. The molecule has 0 amide bonds. The minimum atomic E-state index is -0.0593. The number of rotatable bonds is 2. The van der Waals surface area contributed by atoms with Crippen LogP contribution in [0.1, 0.15) is 41.0 Å². The number of furan rings is 1. The Bertz CT molecular complexity index is 922. The highest BCUT2D eigenvalue weighted by molar-refractivity contribution is 5.78. The molecule has 2 aromatic carbocycles. The highest BCUT2D eigenvalue weighted by Crippen LogP contribution is 2.44.